The number of carboxylic acid groups (broad SMARTS) is 1. The summed E-state index contributed by atoms with van der Waals surface area (Å²) < 4.78 is 1.82. The fraction of sp³-hybridized carbons (Fsp3) is 0.450. The Morgan fingerprint density at radius 1 is 1.15 bits per heavy atom. The summed E-state index contributed by atoms with van der Waals surface area (Å²) in [5.41, 5.74) is 1.61. The van der Waals surface area contributed by atoms with Crippen molar-refractivity contribution in [2.45, 2.75) is 50.7 Å². The minimum atomic E-state index is -0.886. The van der Waals surface area contributed by atoms with Crippen LogP contribution >= 0.6 is 0 Å². The highest BCUT2D eigenvalue weighted by Crippen LogP contribution is 2.40. The van der Waals surface area contributed by atoms with Crippen LogP contribution in [0.1, 0.15) is 48.0 Å². The second-order valence-corrected chi connectivity index (χ2v) is 7.31. The number of hydrogen-bond acceptors (Lipinski definition) is 3. The molecular formula is C20H23N3O3. The number of carboxylic acids is 1. The zero-order valence-corrected chi connectivity index (χ0v) is 14.6. The SMILES string of the molecule is O=C(O)[C@@H]1C[C@@H]2CCCC[C@H]2N1C(=O)c1ccc(Cn2cccn2)cc1. The molecule has 26 heavy (non-hydrogen) atoms. The molecule has 0 unspecified atom stereocenters. The summed E-state index contributed by atoms with van der Waals surface area (Å²) in [6.07, 6.45) is 8.36. The van der Waals surface area contributed by atoms with Gasteiger partial charge in [0.1, 0.15) is 6.04 Å². The molecule has 1 aliphatic heterocycles. The molecule has 2 aliphatic rings. The quantitative estimate of drug-likeness (QED) is 0.917. The van der Waals surface area contributed by atoms with Crippen LogP contribution in [0, 0.1) is 5.92 Å². The van der Waals surface area contributed by atoms with Gasteiger partial charge in [0.05, 0.1) is 6.54 Å². The molecule has 4 rings (SSSR count). The fourth-order valence-corrected chi connectivity index (χ4v) is 4.46. The van der Waals surface area contributed by atoms with Crippen LogP contribution in [0.15, 0.2) is 42.7 Å². The maximum atomic E-state index is 13.1. The predicted molar refractivity (Wildman–Crippen MR) is 95.7 cm³/mol. The first-order chi connectivity index (χ1) is 12.6. The smallest absolute Gasteiger partial charge is 0.326 e. The first-order valence-electron chi connectivity index (χ1n) is 9.25. The van der Waals surface area contributed by atoms with Crippen molar-refractivity contribution in [1.29, 1.82) is 0 Å². The molecular weight excluding hydrogens is 330 g/mol. The van der Waals surface area contributed by atoms with Crippen molar-refractivity contribution >= 4 is 11.9 Å². The Morgan fingerprint density at radius 2 is 1.92 bits per heavy atom. The number of rotatable bonds is 4. The topological polar surface area (TPSA) is 75.4 Å². The van der Waals surface area contributed by atoms with Gasteiger partial charge in [0.15, 0.2) is 0 Å². The molecule has 6 nitrogen and oxygen atoms in total. The van der Waals surface area contributed by atoms with Crippen molar-refractivity contribution < 1.29 is 14.7 Å². The number of aromatic nitrogens is 2. The largest absolute Gasteiger partial charge is 0.480 e. The summed E-state index contributed by atoms with van der Waals surface area (Å²) in [7, 11) is 0. The molecule has 1 N–H and O–H groups in total. The van der Waals surface area contributed by atoms with Gasteiger partial charge in [-0.3, -0.25) is 9.48 Å². The molecule has 136 valence electrons. The average Bonchev–Trinajstić information content (AvgIpc) is 3.29. The van der Waals surface area contributed by atoms with Crippen molar-refractivity contribution in [3.63, 3.8) is 0 Å². The molecule has 1 amide bonds. The Morgan fingerprint density at radius 3 is 2.62 bits per heavy atom. The van der Waals surface area contributed by atoms with E-state index in [4.69, 9.17) is 0 Å². The van der Waals surface area contributed by atoms with Gasteiger partial charge in [-0.05, 0) is 48.9 Å². The first-order valence-corrected chi connectivity index (χ1v) is 9.25. The van der Waals surface area contributed by atoms with Crippen LogP contribution in [0.5, 0.6) is 0 Å². The molecule has 0 spiro atoms. The molecule has 1 aliphatic carbocycles. The second kappa shape index (κ2) is 6.94. The number of carbonyl (C=O) groups is 2. The van der Waals surface area contributed by atoms with E-state index in [-0.39, 0.29) is 11.9 Å². The van der Waals surface area contributed by atoms with Crippen molar-refractivity contribution in [1.82, 2.24) is 14.7 Å². The van der Waals surface area contributed by atoms with Crippen LogP contribution < -0.4 is 0 Å². The zero-order chi connectivity index (χ0) is 18.1. The van der Waals surface area contributed by atoms with Crippen LogP contribution in [0.2, 0.25) is 0 Å². The van der Waals surface area contributed by atoms with Crippen LogP contribution in [-0.4, -0.2) is 43.7 Å². The van der Waals surface area contributed by atoms with E-state index in [1.54, 1.807) is 23.2 Å². The molecule has 1 saturated heterocycles. The highest BCUT2D eigenvalue weighted by molar-refractivity contribution is 5.97. The van der Waals surface area contributed by atoms with Gasteiger partial charge < -0.3 is 10.0 Å². The molecule has 1 aromatic heterocycles. The van der Waals surface area contributed by atoms with Crippen molar-refractivity contribution in [2.24, 2.45) is 5.92 Å². The van der Waals surface area contributed by atoms with E-state index in [0.717, 1.165) is 31.2 Å². The third kappa shape index (κ3) is 3.11. The number of benzene rings is 1. The number of hydrogen-bond donors (Lipinski definition) is 1. The molecule has 1 saturated carbocycles. The van der Waals surface area contributed by atoms with Crippen LogP contribution in [0.3, 0.4) is 0 Å². The van der Waals surface area contributed by atoms with E-state index >= 15 is 0 Å². The molecule has 2 fully saturated rings. The van der Waals surface area contributed by atoms with Gasteiger partial charge in [-0.25, -0.2) is 4.79 Å². The Labute approximate surface area is 152 Å². The minimum absolute atomic E-state index is 0.0705. The number of nitrogens with zero attached hydrogens (tertiary/aromatic N) is 3. The van der Waals surface area contributed by atoms with E-state index in [0.29, 0.717) is 24.4 Å². The Bertz CT molecular complexity index is 785. The summed E-state index contributed by atoms with van der Waals surface area (Å²) in [6.45, 7) is 0.646. The average molecular weight is 353 g/mol. The number of carbonyl (C=O) groups excluding carboxylic acids is 1. The Balaban J connectivity index is 1.54. The minimum Gasteiger partial charge on any atom is -0.480 e. The van der Waals surface area contributed by atoms with E-state index in [9.17, 15) is 14.7 Å². The van der Waals surface area contributed by atoms with Crippen LogP contribution in [0.25, 0.3) is 0 Å². The number of fused-ring (bicyclic) bond motifs is 1. The van der Waals surface area contributed by atoms with E-state index in [1.807, 2.05) is 29.1 Å². The summed E-state index contributed by atoms with van der Waals surface area (Å²) in [6, 6.07) is 8.68. The Kier molecular flexibility index (Phi) is 4.49. The van der Waals surface area contributed by atoms with Crippen LogP contribution in [0.4, 0.5) is 0 Å². The Hall–Kier alpha value is -2.63. The standard InChI is InChI=1S/C20H23N3O3/c24-19(15-8-6-14(7-9-15)13-22-11-3-10-21-22)23-17-5-2-1-4-16(17)12-18(23)20(25)26/h3,6-11,16-18H,1-2,4-5,12-13H2,(H,25,26)/t16-,17+,18-/m0/s1. The lowest BCUT2D eigenvalue weighted by Crippen LogP contribution is -2.46. The second-order valence-electron chi connectivity index (χ2n) is 7.31. The lowest BCUT2D eigenvalue weighted by Gasteiger charge is -2.33. The summed E-state index contributed by atoms with van der Waals surface area (Å²) in [5, 5.41) is 13.8. The third-order valence-electron chi connectivity index (χ3n) is 5.71. The van der Waals surface area contributed by atoms with Crippen molar-refractivity contribution in [2.75, 3.05) is 0 Å². The third-order valence-corrected chi connectivity index (χ3v) is 5.71. The molecule has 2 aromatic rings. The van der Waals surface area contributed by atoms with E-state index in [1.165, 1.54) is 0 Å². The summed E-state index contributed by atoms with van der Waals surface area (Å²) in [5.74, 6) is -0.714. The van der Waals surface area contributed by atoms with Crippen LogP contribution in [-0.2, 0) is 11.3 Å². The van der Waals surface area contributed by atoms with Gasteiger partial charge in [0.25, 0.3) is 5.91 Å². The molecule has 0 bridgehead atoms. The van der Waals surface area contributed by atoms with Gasteiger partial charge in [-0.15, -0.1) is 0 Å². The molecule has 3 atom stereocenters. The summed E-state index contributed by atoms with van der Waals surface area (Å²) >= 11 is 0. The number of amides is 1. The monoisotopic (exact) mass is 353 g/mol. The molecule has 1 aromatic carbocycles. The van der Waals surface area contributed by atoms with Gasteiger partial charge in [-0.2, -0.15) is 5.10 Å². The number of aliphatic carboxylic acids is 1. The summed E-state index contributed by atoms with van der Waals surface area (Å²) in [4.78, 5) is 26.5. The molecule has 0 radical (unpaired) electrons. The predicted octanol–water partition coefficient (Wildman–Crippen LogP) is 2.79. The van der Waals surface area contributed by atoms with E-state index < -0.39 is 12.0 Å². The van der Waals surface area contributed by atoms with Gasteiger partial charge in [-0.1, -0.05) is 25.0 Å². The normalized spacial score (nSPS) is 25.1. The molecule has 2 heterocycles. The zero-order valence-electron chi connectivity index (χ0n) is 14.6. The van der Waals surface area contributed by atoms with Gasteiger partial charge >= 0.3 is 5.97 Å². The van der Waals surface area contributed by atoms with Crippen molar-refractivity contribution in [3.05, 3.63) is 53.9 Å². The lowest BCUT2D eigenvalue weighted by atomic mass is 9.84. The fourth-order valence-electron chi connectivity index (χ4n) is 4.46. The maximum Gasteiger partial charge on any atom is 0.326 e. The maximum absolute atomic E-state index is 13.1. The molecule has 6 heteroatoms. The lowest BCUT2D eigenvalue weighted by molar-refractivity contribution is -0.141. The highest BCUT2D eigenvalue weighted by atomic mass is 16.4. The van der Waals surface area contributed by atoms with Crippen molar-refractivity contribution in [3.8, 4) is 0 Å². The number of likely N-dealkylation sites (tertiary alicyclic amines) is 1. The van der Waals surface area contributed by atoms with Gasteiger partial charge in [0, 0.05) is 24.0 Å². The van der Waals surface area contributed by atoms with E-state index in [2.05, 4.69) is 5.10 Å². The highest BCUT2D eigenvalue weighted by Gasteiger charge is 2.47. The van der Waals surface area contributed by atoms with Gasteiger partial charge in [0.2, 0.25) is 0 Å². The first kappa shape index (κ1) is 16.8.